The number of urea groups is 1. The van der Waals surface area contributed by atoms with Crippen LogP contribution in [0.4, 0.5) is 16.2 Å². The van der Waals surface area contributed by atoms with E-state index in [0.717, 1.165) is 28.8 Å². The van der Waals surface area contributed by atoms with Crippen molar-refractivity contribution in [1.29, 1.82) is 0 Å². The van der Waals surface area contributed by atoms with Crippen molar-refractivity contribution in [1.82, 2.24) is 4.90 Å². The molecule has 0 atom stereocenters. The maximum absolute atomic E-state index is 13.1. The fourth-order valence-electron chi connectivity index (χ4n) is 4.64. The van der Waals surface area contributed by atoms with Crippen molar-refractivity contribution in [2.75, 3.05) is 57.3 Å². The van der Waals surface area contributed by atoms with Crippen molar-refractivity contribution in [3.63, 3.8) is 0 Å². The van der Waals surface area contributed by atoms with E-state index in [9.17, 15) is 9.59 Å². The van der Waals surface area contributed by atoms with Gasteiger partial charge < -0.3 is 24.4 Å². The third-order valence-electron chi connectivity index (χ3n) is 6.63. The molecule has 8 heteroatoms. The Morgan fingerprint density at radius 2 is 1.61 bits per heavy atom. The van der Waals surface area contributed by atoms with Gasteiger partial charge in [0.25, 0.3) is 5.91 Å². The molecular formula is C28H29N3O5. The van der Waals surface area contributed by atoms with E-state index in [0.29, 0.717) is 55.6 Å². The Hall–Kier alpha value is -4.04. The van der Waals surface area contributed by atoms with Crippen LogP contribution in [0.2, 0.25) is 0 Å². The Labute approximate surface area is 210 Å². The summed E-state index contributed by atoms with van der Waals surface area (Å²) in [6.07, 6.45) is 0.763. The fraction of sp³-hybridized carbons (Fsp3) is 0.286. The van der Waals surface area contributed by atoms with Crippen LogP contribution in [0.3, 0.4) is 0 Å². The van der Waals surface area contributed by atoms with Crippen LogP contribution in [0.1, 0.15) is 15.9 Å². The summed E-state index contributed by atoms with van der Waals surface area (Å²) in [4.78, 5) is 29.4. The third kappa shape index (κ3) is 4.72. The Kier molecular flexibility index (Phi) is 6.77. The van der Waals surface area contributed by atoms with Crippen molar-refractivity contribution in [2.45, 2.75) is 6.42 Å². The van der Waals surface area contributed by atoms with Crippen LogP contribution in [0, 0.1) is 0 Å². The van der Waals surface area contributed by atoms with Crippen LogP contribution < -0.4 is 19.7 Å². The van der Waals surface area contributed by atoms with E-state index < -0.39 is 0 Å². The highest BCUT2D eigenvalue weighted by Gasteiger charge is 2.26. The highest BCUT2D eigenvalue weighted by molar-refractivity contribution is 6.04. The smallest absolute Gasteiger partial charge is 0.326 e. The third-order valence-corrected chi connectivity index (χ3v) is 6.63. The SMILES string of the molecule is COc1ccc(OC)c(NC(=O)N2CCc3cc(-c4ccc(C(=O)N5CCOCC5)cc4)ccc32)c1. The van der Waals surface area contributed by atoms with Crippen LogP contribution in [-0.4, -0.2) is 63.9 Å². The van der Waals surface area contributed by atoms with E-state index in [2.05, 4.69) is 11.4 Å². The van der Waals surface area contributed by atoms with Gasteiger partial charge in [0.15, 0.2) is 0 Å². The molecule has 186 valence electrons. The molecule has 2 aliphatic heterocycles. The first kappa shape index (κ1) is 23.7. The summed E-state index contributed by atoms with van der Waals surface area (Å²) >= 11 is 0. The van der Waals surface area contributed by atoms with Gasteiger partial charge in [-0.05, 0) is 59.5 Å². The maximum Gasteiger partial charge on any atom is 0.326 e. The zero-order valence-corrected chi connectivity index (χ0v) is 20.5. The number of amides is 3. The molecule has 0 aromatic heterocycles. The van der Waals surface area contributed by atoms with Crippen molar-refractivity contribution < 1.29 is 23.8 Å². The molecule has 0 aliphatic carbocycles. The van der Waals surface area contributed by atoms with Gasteiger partial charge in [0, 0.05) is 37.0 Å². The molecule has 1 fully saturated rings. The van der Waals surface area contributed by atoms with Gasteiger partial charge >= 0.3 is 6.03 Å². The largest absolute Gasteiger partial charge is 0.497 e. The second-order valence-corrected chi connectivity index (χ2v) is 8.72. The van der Waals surface area contributed by atoms with Gasteiger partial charge in [-0.3, -0.25) is 9.69 Å². The first-order chi connectivity index (χ1) is 17.6. The number of carbonyl (C=O) groups excluding carboxylic acids is 2. The molecule has 2 aliphatic rings. The Morgan fingerprint density at radius 3 is 2.33 bits per heavy atom. The number of rotatable bonds is 5. The topological polar surface area (TPSA) is 80.3 Å². The molecule has 0 saturated carbocycles. The Balaban J connectivity index is 1.30. The van der Waals surface area contributed by atoms with E-state index in [-0.39, 0.29) is 11.9 Å². The standard InChI is InChI=1S/C28H29N3O5/c1-34-23-8-10-26(35-2)24(18-23)29-28(33)31-12-11-22-17-21(7-9-25(22)31)19-3-5-20(6-4-19)27(32)30-13-15-36-16-14-30/h3-10,17-18H,11-16H2,1-2H3,(H,29,33). The van der Waals surface area contributed by atoms with Crippen molar-refractivity contribution in [3.05, 3.63) is 71.8 Å². The lowest BCUT2D eigenvalue weighted by Crippen LogP contribution is -2.40. The van der Waals surface area contributed by atoms with E-state index in [1.807, 2.05) is 41.3 Å². The van der Waals surface area contributed by atoms with Gasteiger partial charge in [-0.25, -0.2) is 4.79 Å². The molecule has 8 nitrogen and oxygen atoms in total. The number of hydrogen-bond donors (Lipinski definition) is 1. The molecule has 0 bridgehead atoms. The summed E-state index contributed by atoms with van der Waals surface area (Å²) in [5, 5.41) is 2.95. The van der Waals surface area contributed by atoms with Crippen LogP contribution in [0.15, 0.2) is 60.7 Å². The quantitative estimate of drug-likeness (QED) is 0.576. The Morgan fingerprint density at radius 1 is 0.861 bits per heavy atom. The van der Waals surface area contributed by atoms with E-state index >= 15 is 0 Å². The number of morpholine rings is 1. The summed E-state index contributed by atoms with van der Waals surface area (Å²) in [6.45, 7) is 3.01. The monoisotopic (exact) mass is 487 g/mol. The van der Waals surface area contributed by atoms with Crippen LogP contribution in [0.5, 0.6) is 11.5 Å². The van der Waals surface area contributed by atoms with Crippen molar-refractivity contribution >= 4 is 23.3 Å². The molecule has 2 heterocycles. The number of benzene rings is 3. The molecule has 0 unspecified atom stereocenters. The highest BCUT2D eigenvalue weighted by atomic mass is 16.5. The minimum Gasteiger partial charge on any atom is -0.497 e. The van der Waals surface area contributed by atoms with E-state index in [1.54, 1.807) is 37.3 Å². The molecule has 1 saturated heterocycles. The fourth-order valence-corrected chi connectivity index (χ4v) is 4.64. The lowest BCUT2D eigenvalue weighted by atomic mass is 10.0. The van der Waals surface area contributed by atoms with Crippen LogP contribution in [-0.2, 0) is 11.2 Å². The minimum atomic E-state index is -0.223. The summed E-state index contributed by atoms with van der Waals surface area (Å²) in [6, 6.07) is 18.9. The number of ether oxygens (including phenoxy) is 3. The maximum atomic E-state index is 13.1. The van der Waals surface area contributed by atoms with Crippen LogP contribution >= 0.6 is 0 Å². The van der Waals surface area contributed by atoms with Gasteiger partial charge in [0.2, 0.25) is 0 Å². The molecule has 1 N–H and O–H groups in total. The molecule has 3 amide bonds. The van der Waals surface area contributed by atoms with Gasteiger partial charge in [-0.2, -0.15) is 0 Å². The second kappa shape index (κ2) is 10.3. The van der Waals surface area contributed by atoms with E-state index in [4.69, 9.17) is 14.2 Å². The molecule has 5 rings (SSSR count). The van der Waals surface area contributed by atoms with Gasteiger partial charge in [0.1, 0.15) is 11.5 Å². The number of fused-ring (bicyclic) bond motifs is 1. The average Bonchev–Trinajstić information content (AvgIpc) is 3.36. The number of hydrogen-bond acceptors (Lipinski definition) is 5. The zero-order valence-electron chi connectivity index (χ0n) is 20.5. The minimum absolute atomic E-state index is 0.0353. The zero-order chi connectivity index (χ0) is 25.1. The predicted octanol–water partition coefficient (Wildman–Crippen LogP) is 4.44. The highest BCUT2D eigenvalue weighted by Crippen LogP contribution is 2.34. The number of anilines is 2. The van der Waals surface area contributed by atoms with Crippen LogP contribution in [0.25, 0.3) is 11.1 Å². The molecule has 3 aromatic rings. The first-order valence-corrected chi connectivity index (χ1v) is 12.0. The summed E-state index contributed by atoms with van der Waals surface area (Å²) in [5.74, 6) is 1.23. The van der Waals surface area contributed by atoms with Gasteiger partial charge in [-0.15, -0.1) is 0 Å². The van der Waals surface area contributed by atoms with Gasteiger partial charge in [-0.1, -0.05) is 18.2 Å². The first-order valence-electron chi connectivity index (χ1n) is 12.0. The van der Waals surface area contributed by atoms with E-state index in [1.165, 1.54) is 0 Å². The molecular weight excluding hydrogens is 458 g/mol. The van der Waals surface area contributed by atoms with Crippen molar-refractivity contribution in [3.8, 4) is 22.6 Å². The number of nitrogens with one attached hydrogen (secondary N) is 1. The normalized spacial score (nSPS) is 14.8. The summed E-state index contributed by atoms with van der Waals surface area (Å²) < 4.78 is 16.0. The lowest BCUT2D eigenvalue weighted by Gasteiger charge is -2.26. The molecule has 0 radical (unpaired) electrons. The van der Waals surface area contributed by atoms with Crippen molar-refractivity contribution in [2.24, 2.45) is 0 Å². The number of methoxy groups -OCH3 is 2. The van der Waals surface area contributed by atoms with Gasteiger partial charge in [0.05, 0.1) is 33.1 Å². The number of carbonyl (C=O) groups is 2. The predicted molar refractivity (Wildman–Crippen MR) is 138 cm³/mol. The summed E-state index contributed by atoms with van der Waals surface area (Å²) in [7, 11) is 3.15. The summed E-state index contributed by atoms with van der Waals surface area (Å²) in [5.41, 5.74) is 5.30. The number of nitrogens with zero attached hydrogens (tertiary/aromatic N) is 2. The average molecular weight is 488 g/mol. The molecule has 0 spiro atoms. The second-order valence-electron chi connectivity index (χ2n) is 8.72. The lowest BCUT2D eigenvalue weighted by molar-refractivity contribution is 0.0303. The molecule has 36 heavy (non-hydrogen) atoms. The Bertz CT molecular complexity index is 1270. The molecule has 3 aromatic carbocycles.